The molecule has 0 unspecified atom stereocenters. The molecule has 1 aromatic heterocycles. The summed E-state index contributed by atoms with van der Waals surface area (Å²) < 4.78 is 0. The van der Waals surface area contributed by atoms with Crippen LogP contribution in [-0.4, -0.2) is 57.6 Å². The van der Waals surface area contributed by atoms with E-state index < -0.39 is 5.41 Å². The topological polar surface area (TPSA) is 86.8 Å². The Morgan fingerprint density at radius 3 is 2.48 bits per heavy atom. The van der Waals surface area contributed by atoms with Gasteiger partial charge >= 0.3 is 0 Å². The Labute approximate surface area is 124 Å². The van der Waals surface area contributed by atoms with Crippen molar-refractivity contribution in [3.8, 4) is 0 Å². The molecule has 0 saturated heterocycles. The lowest BCUT2D eigenvalue weighted by molar-refractivity contribution is -0.129. The molecular formula is C14H24N6O. The van der Waals surface area contributed by atoms with Crippen molar-refractivity contribution in [3.63, 3.8) is 0 Å². The van der Waals surface area contributed by atoms with Crippen LogP contribution in [0.4, 0.5) is 0 Å². The van der Waals surface area contributed by atoms with E-state index in [-0.39, 0.29) is 11.4 Å². The molecule has 116 valence electrons. The Hall–Kier alpha value is -1.50. The Balaban J connectivity index is 1.79. The molecule has 7 heteroatoms. The van der Waals surface area contributed by atoms with Gasteiger partial charge in [0.2, 0.25) is 5.91 Å². The van der Waals surface area contributed by atoms with Gasteiger partial charge in [0, 0.05) is 6.54 Å². The fourth-order valence-corrected chi connectivity index (χ4v) is 3.51. The summed E-state index contributed by atoms with van der Waals surface area (Å²) in [6, 6.07) is 0. The van der Waals surface area contributed by atoms with Gasteiger partial charge in [-0.05, 0) is 39.8 Å². The number of nitrogens with zero attached hydrogens (tertiary/aromatic N) is 4. The number of rotatable bonds is 5. The molecule has 1 aromatic rings. The number of H-pyrrole nitrogens is 1. The number of aromatic nitrogens is 4. The van der Waals surface area contributed by atoms with Crippen LogP contribution >= 0.6 is 0 Å². The maximum absolute atomic E-state index is 13.0. The Morgan fingerprint density at radius 2 is 1.95 bits per heavy atom. The summed E-state index contributed by atoms with van der Waals surface area (Å²) >= 11 is 0. The first-order valence-electron chi connectivity index (χ1n) is 7.78. The molecule has 1 amide bonds. The second-order valence-electron chi connectivity index (χ2n) is 6.85. The highest BCUT2D eigenvalue weighted by Gasteiger charge is 2.51. The van der Waals surface area contributed by atoms with E-state index in [9.17, 15) is 4.79 Å². The molecule has 21 heavy (non-hydrogen) atoms. The lowest BCUT2D eigenvalue weighted by Gasteiger charge is -2.35. The summed E-state index contributed by atoms with van der Waals surface area (Å²) in [6.07, 6.45) is 7.01. The third-order valence-electron chi connectivity index (χ3n) is 4.77. The number of tetrazole rings is 1. The number of amides is 1. The summed E-state index contributed by atoms with van der Waals surface area (Å²) in [5.74, 6) is 0.642. The highest BCUT2D eigenvalue weighted by molar-refractivity contribution is 5.88. The van der Waals surface area contributed by atoms with Crippen molar-refractivity contribution >= 4 is 5.91 Å². The van der Waals surface area contributed by atoms with Crippen LogP contribution in [0.5, 0.6) is 0 Å². The smallest absolute Gasteiger partial charge is 0.234 e. The molecule has 0 radical (unpaired) electrons. The van der Waals surface area contributed by atoms with E-state index in [1.807, 2.05) is 14.1 Å². The van der Waals surface area contributed by atoms with Crippen molar-refractivity contribution in [1.82, 2.24) is 30.8 Å². The first-order valence-corrected chi connectivity index (χ1v) is 7.78. The minimum atomic E-state index is -0.590. The van der Waals surface area contributed by atoms with Crippen molar-refractivity contribution in [2.45, 2.75) is 55.9 Å². The zero-order valence-corrected chi connectivity index (χ0v) is 12.9. The van der Waals surface area contributed by atoms with Crippen molar-refractivity contribution in [3.05, 3.63) is 5.82 Å². The van der Waals surface area contributed by atoms with Crippen molar-refractivity contribution in [2.24, 2.45) is 0 Å². The van der Waals surface area contributed by atoms with E-state index in [1.165, 1.54) is 6.42 Å². The van der Waals surface area contributed by atoms with Crippen LogP contribution in [0.1, 0.15) is 50.8 Å². The number of carbonyl (C=O) groups is 1. The third-order valence-corrected chi connectivity index (χ3v) is 4.77. The molecule has 2 aliphatic carbocycles. The Bertz CT molecular complexity index is 488. The maximum atomic E-state index is 13.0. The van der Waals surface area contributed by atoms with Gasteiger partial charge in [0.25, 0.3) is 0 Å². The van der Waals surface area contributed by atoms with Crippen molar-refractivity contribution < 1.29 is 4.79 Å². The van der Waals surface area contributed by atoms with E-state index in [0.717, 1.165) is 45.1 Å². The molecule has 7 nitrogen and oxygen atoms in total. The highest BCUT2D eigenvalue weighted by atomic mass is 16.2. The van der Waals surface area contributed by atoms with Crippen LogP contribution in [0.3, 0.4) is 0 Å². The first-order chi connectivity index (χ1) is 10.1. The fourth-order valence-electron chi connectivity index (χ4n) is 3.51. The minimum absolute atomic E-state index is 0.0469. The first kappa shape index (κ1) is 14.4. The zero-order valence-electron chi connectivity index (χ0n) is 12.9. The number of carbonyl (C=O) groups excluding carboxylic acids is 1. The number of hydrogen-bond donors (Lipinski definition) is 2. The number of hydrogen-bond acceptors (Lipinski definition) is 5. The van der Waals surface area contributed by atoms with Crippen LogP contribution in [0.25, 0.3) is 0 Å². The summed E-state index contributed by atoms with van der Waals surface area (Å²) in [4.78, 5) is 15.1. The molecule has 2 saturated carbocycles. The minimum Gasteiger partial charge on any atom is -0.348 e. The summed E-state index contributed by atoms with van der Waals surface area (Å²) in [5.41, 5.74) is -0.637. The van der Waals surface area contributed by atoms with Gasteiger partial charge in [-0.15, -0.1) is 10.2 Å². The maximum Gasteiger partial charge on any atom is 0.234 e. The average Bonchev–Trinajstić information content (AvgIpc) is 3.00. The monoisotopic (exact) mass is 292 g/mol. The standard InChI is InChI=1S/C14H24N6O/c1-20(2)10-13(8-9-13)15-12(21)14(6-4-3-5-7-14)11-16-18-19-17-11/h3-10H2,1-2H3,(H,15,21)(H,16,17,18,19). The average molecular weight is 292 g/mol. The van der Waals surface area contributed by atoms with Gasteiger partial charge in [-0.25, -0.2) is 0 Å². The lowest BCUT2D eigenvalue weighted by atomic mass is 9.72. The van der Waals surface area contributed by atoms with Gasteiger partial charge in [-0.2, -0.15) is 5.21 Å². The van der Waals surface area contributed by atoms with E-state index in [1.54, 1.807) is 0 Å². The summed E-state index contributed by atoms with van der Waals surface area (Å²) in [6.45, 7) is 0.890. The fraction of sp³-hybridized carbons (Fsp3) is 0.857. The van der Waals surface area contributed by atoms with Gasteiger partial charge in [-0.3, -0.25) is 4.79 Å². The quantitative estimate of drug-likeness (QED) is 0.830. The molecule has 0 aromatic carbocycles. The Kier molecular flexibility index (Phi) is 3.69. The van der Waals surface area contributed by atoms with E-state index >= 15 is 0 Å². The largest absolute Gasteiger partial charge is 0.348 e. The normalized spacial score (nSPS) is 23.0. The molecular weight excluding hydrogens is 268 g/mol. The number of aromatic amines is 1. The van der Waals surface area contributed by atoms with Gasteiger partial charge in [0.15, 0.2) is 5.82 Å². The second-order valence-corrected chi connectivity index (χ2v) is 6.85. The molecule has 0 bridgehead atoms. The second kappa shape index (κ2) is 5.36. The third kappa shape index (κ3) is 2.79. The van der Waals surface area contributed by atoms with Gasteiger partial charge in [-0.1, -0.05) is 24.5 Å². The predicted molar refractivity (Wildman–Crippen MR) is 77.6 cm³/mol. The van der Waals surface area contributed by atoms with Crippen LogP contribution in [0.2, 0.25) is 0 Å². The molecule has 0 spiro atoms. The predicted octanol–water partition coefficient (Wildman–Crippen LogP) is 0.612. The Morgan fingerprint density at radius 1 is 1.24 bits per heavy atom. The molecule has 1 heterocycles. The van der Waals surface area contributed by atoms with Crippen LogP contribution < -0.4 is 5.32 Å². The summed E-state index contributed by atoms with van der Waals surface area (Å²) in [5, 5.41) is 17.7. The van der Waals surface area contributed by atoms with Gasteiger partial charge < -0.3 is 10.2 Å². The molecule has 0 aliphatic heterocycles. The molecule has 3 rings (SSSR count). The van der Waals surface area contributed by atoms with Crippen LogP contribution in [0.15, 0.2) is 0 Å². The van der Waals surface area contributed by atoms with E-state index in [4.69, 9.17) is 0 Å². The van der Waals surface area contributed by atoms with Crippen LogP contribution in [-0.2, 0) is 10.2 Å². The van der Waals surface area contributed by atoms with Crippen LogP contribution in [0, 0.1) is 0 Å². The van der Waals surface area contributed by atoms with Crippen molar-refractivity contribution in [2.75, 3.05) is 20.6 Å². The molecule has 2 N–H and O–H groups in total. The van der Waals surface area contributed by atoms with E-state index in [2.05, 4.69) is 30.8 Å². The molecule has 2 fully saturated rings. The highest BCUT2D eigenvalue weighted by Crippen LogP contribution is 2.41. The molecule has 0 atom stereocenters. The molecule has 2 aliphatic rings. The van der Waals surface area contributed by atoms with E-state index in [0.29, 0.717) is 5.82 Å². The number of likely N-dealkylation sites (N-methyl/N-ethyl adjacent to an activating group) is 1. The zero-order chi connectivity index (χ0) is 14.9. The SMILES string of the molecule is CN(C)CC1(NC(=O)C2(c3nn[nH]n3)CCCCC2)CC1. The lowest BCUT2D eigenvalue weighted by Crippen LogP contribution is -2.53. The van der Waals surface area contributed by atoms with Crippen molar-refractivity contribution in [1.29, 1.82) is 0 Å². The van der Waals surface area contributed by atoms with Gasteiger partial charge in [0.05, 0.1) is 5.54 Å². The van der Waals surface area contributed by atoms with Gasteiger partial charge in [0.1, 0.15) is 5.41 Å². The summed E-state index contributed by atoms with van der Waals surface area (Å²) in [7, 11) is 4.09. The number of nitrogens with one attached hydrogen (secondary N) is 2.